The summed E-state index contributed by atoms with van der Waals surface area (Å²) in [6.45, 7) is 1.86. The molecule has 98 valence electrons. The summed E-state index contributed by atoms with van der Waals surface area (Å²) in [6, 6.07) is 8.63. The fraction of sp³-hybridized carbons (Fsp3) is 0.154. The SMILES string of the molecule is Cc1cc(C(=O)O)nc(OCc2ccccc2Cl)n1. The van der Waals surface area contributed by atoms with Crippen LogP contribution in [0.5, 0.6) is 6.01 Å². The van der Waals surface area contributed by atoms with Crippen molar-refractivity contribution in [1.29, 1.82) is 0 Å². The zero-order valence-electron chi connectivity index (χ0n) is 10.1. The van der Waals surface area contributed by atoms with Gasteiger partial charge in [-0.1, -0.05) is 29.8 Å². The quantitative estimate of drug-likeness (QED) is 0.931. The van der Waals surface area contributed by atoms with Crippen LogP contribution in [0.2, 0.25) is 5.02 Å². The summed E-state index contributed by atoms with van der Waals surface area (Å²) in [5.74, 6) is -1.12. The Labute approximate surface area is 114 Å². The van der Waals surface area contributed by atoms with Crippen LogP contribution in [0.1, 0.15) is 21.7 Å². The van der Waals surface area contributed by atoms with Gasteiger partial charge in [0.1, 0.15) is 6.61 Å². The van der Waals surface area contributed by atoms with E-state index in [9.17, 15) is 4.79 Å². The number of hydrogen-bond acceptors (Lipinski definition) is 4. The van der Waals surface area contributed by atoms with Crippen LogP contribution in [0.25, 0.3) is 0 Å². The highest BCUT2D eigenvalue weighted by atomic mass is 35.5. The number of carboxylic acids is 1. The van der Waals surface area contributed by atoms with E-state index in [4.69, 9.17) is 21.4 Å². The molecule has 0 aliphatic heterocycles. The summed E-state index contributed by atoms with van der Waals surface area (Å²) in [5, 5.41) is 9.47. The lowest BCUT2D eigenvalue weighted by Crippen LogP contribution is -2.06. The molecule has 1 heterocycles. The zero-order valence-corrected chi connectivity index (χ0v) is 10.9. The van der Waals surface area contributed by atoms with Gasteiger partial charge in [-0.3, -0.25) is 0 Å². The number of aromatic carboxylic acids is 1. The second-order valence-electron chi connectivity index (χ2n) is 3.86. The number of halogens is 1. The minimum atomic E-state index is -1.12. The molecule has 0 saturated carbocycles. The van der Waals surface area contributed by atoms with E-state index in [0.717, 1.165) is 5.56 Å². The topological polar surface area (TPSA) is 72.3 Å². The van der Waals surface area contributed by atoms with Gasteiger partial charge in [-0.2, -0.15) is 4.98 Å². The number of rotatable bonds is 4. The molecule has 1 aromatic heterocycles. The van der Waals surface area contributed by atoms with Gasteiger partial charge in [0.15, 0.2) is 5.69 Å². The Kier molecular flexibility index (Phi) is 3.97. The lowest BCUT2D eigenvalue weighted by molar-refractivity contribution is 0.0688. The normalized spacial score (nSPS) is 10.2. The van der Waals surface area contributed by atoms with Crippen LogP contribution in [-0.4, -0.2) is 21.0 Å². The fourth-order valence-electron chi connectivity index (χ4n) is 1.47. The first-order valence-corrected chi connectivity index (χ1v) is 5.89. The Morgan fingerprint density at radius 2 is 2.11 bits per heavy atom. The molecule has 0 atom stereocenters. The predicted octanol–water partition coefficient (Wildman–Crippen LogP) is 2.72. The average Bonchev–Trinajstić information content (AvgIpc) is 2.37. The van der Waals surface area contributed by atoms with Crippen LogP contribution in [0, 0.1) is 6.92 Å². The van der Waals surface area contributed by atoms with E-state index in [2.05, 4.69) is 9.97 Å². The molecule has 0 radical (unpaired) electrons. The number of nitrogens with zero attached hydrogens (tertiary/aromatic N) is 2. The number of ether oxygens (including phenoxy) is 1. The maximum absolute atomic E-state index is 10.9. The Bertz CT molecular complexity index is 617. The van der Waals surface area contributed by atoms with E-state index in [1.165, 1.54) is 6.07 Å². The summed E-state index contributed by atoms with van der Waals surface area (Å²) in [6.07, 6.45) is 0. The molecule has 19 heavy (non-hydrogen) atoms. The largest absolute Gasteiger partial charge is 0.477 e. The third kappa shape index (κ3) is 3.42. The predicted molar refractivity (Wildman–Crippen MR) is 69.5 cm³/mol. The Morgan fingerprint density at radius 1 is 1.37 bits per heavy atom. The van der Waals surface area contributed by atoms with Crippen LogP contribution in [-0.2, 0) is 6.61 Å². The lowest BCUT2D eigenvalue weighted by Gasteiger charge is -2.07. The molecule has 1 N–H and O–H groups in total. The fourth-order valence-corrected chi connectivity index (χ4v) is 1.66. The first-order valence-electron chi connectivity index (χ1n) is 5.51. The van der Waals surface area contributed by atoms with Crippen molar-refractivity contribution >= 4 is 17.6 Å². The number of aromatic nitrogens is 2. The van der Waals surface area contributed by atoms with Crippen molar-refractivity contribution in [2.24, 2.45) is 0 Å². The van der Waals surface area contributed by atoms with Crippen molar-refractivity contribution < 1.29 is 14.6 Å². The molecule has 0 aliphatic rings. The molecule has 0 spiro atoms. The molecule has 0 amide bonds. The molecule has 1 aromatic carbocycles. The molecule has 0 aliphatic carbocycles. The highest BCUT2D eigenvalue weighted by molar-refractivity contribution is 6.31. The summed E-state index contributed by atoms with van der Waals surface area (Å²) in [5.41, 5.74) is 1.22. The van der Waals surface area contributed by atoms with Crippen LogP contribution in [0.15, 0.2) is 30.3 Å². The maximum atomic E-state index is 10.9. The van der Waals surface area contributed by atoms with Crippen molar-refractivity contribution in [3.05, 3.63) is 52.3 Å². The molecule has 0 unspecified atom stereocenters. The summed E-state index contributed by atoms with van der Waals surface area (Å²) >= 11 is 5.99. The molecule has 5 nitrogen and oxygen atoms in total. The van der Waals surface area contributed by atoms with Crippen molar-refractivity contribution in [1.82, 2.24) is 9.97 Å². The monoisotopic (exact) mass is 278 g/mol. The van der Waals surface area contributed by atoms with Crippen molar-refractivity contribution in [3.63, 3.8) is 0 Å². The van der Waals surface area contributed by atoms with Gasteiger partial charge in [-0.15, -0.1) is 0 Å². The molecule has 0 saturated heterocycles. The molecule has 2 rings (SSSR count). The highest BCUT2D eigenvalue weighted by Crippen LogP contribution is 2.17. The third-order valence-corrected chi connectivity index (χ3v) is 2.74. The van der Waals surface area contributed by atoms with Gasteiger partial charge in [-0.25, -0.2) is 9.78 Å². The number of aryl methyl sites for hydroxylation is 1. The smallest absolute Gasteiger partial charge is 0.354 e. The lowest BCUT2D eigenvalue weighted by atomic mass is 10.2. The van der Waals surface area contributed by atoms with Crippen LogP contribution < -0.4 is 4.74 Å². The Hall–Kier alpha value is -2.14. The summed E-state index contributed by atoms with van der Waals surface area (Å²) in [7, 11) is 0. The molecule has 0 bridgehead atoms. The molecule has 2 aromatic rings. The van der Waals surface area contributed by atoms with E-state index in [1.807, 2.05) is 18.2 Å². The molecule has 6 heteroatoms. The minimum Gasteiger partial charge on any atom is -0.477 e. The number of benzene rings is 1. The van der Waals surface area contributed by atoms with Gasteiger partial charge in [0.25, 0.3) is 0 Å². The first kappa shape index (κ1) is 13.3. The molecular formula is C13H11ClN2O3. The third-order valence-electron chi connectivity index (χ3n) is 2.37. The number of carboxylic acid groups (broad SMARTS) is 1. The van der Waals surface area contributed by atoms with Gasteiger partial charge >= 0.3 is 12.0 Å². The van der Waals surface area contributed by atoms with E-state index in [-0.39, 0.29) is 18.3 Å². The van der Waals surface area contributed by atoms with Gasteiger partial charge in [0.2, 0.25) is 0 Å². The molecule has 0 fully saturated rings. The van der Waals surface area contributed by atoms with E-state index < -0.39 is 5.97 Å². The van der Waals surface area contributed by atoms with Crippen molar-refractivity contribution in [2.75, 3.05) is 0 Å². The minimum absolute atomic E-state index is 0.0253. The van der Waals surface area contributed by atoms with E-state index >= 15 is 0 Å². The zero-order chi connectivity index (χ0) is 13.8. The maximum Gasteiger partial charge on any atom is 0.354 e. The van der Waals surface area contributed by atoms with Crippen molar-refractivity contribution in [2.45, 2.75) is 13.5 Å². The van der Waals surface area contributed by atoms with Gasteiger partial charge in [-0.05, 0) is 19.1 Å². The first-order chi connectivity index (χ1) is 9.06. The van der Waals surface area contributed by atoms with E-state index in [0.29, 0.717) is 10.7 Å². The van der Waals surface area contributed by atoms with Crippen LogP contribution >= 0.6 is 11.6 Å². The highest BCUT2D eigenvalue weighted by Gasteiger charge is 2.10. The second kappa shape index (κ2) is 5.67. The van der Waals surface area contributed by atoms with Crippen molar-refractivity contribution in [3.8, 4) is 6.01 Å². The number of carbonyl (C=O) groups is 1. The average molecular weight is 279 g/mol. The molecular weight excluding hydrogens is 268 g/mol. The Morgan fingerprint density at radius 3 is 2.79 bits per heavy atom. The van der Waals surface area contributed by atoms with Gasteiger partial charge in [0, 0.05) is 16.3 Å². The van der Waals surface area contributed by atoms with Crippen LogP contribution in [0.3, 0.4) is 0 Å². The summed E-state index contributed by atoms with van der Waals surface area (Å²) in [4.78, 5) is 18.7. The standard InChI is InChI=1S/C13H11ClN2O3/c1-8-6-11(12(17)18)16-13(15-8)19-7-9-4-2-3-5-10(9)14/h2-6H,7H2,1H3,(H,17,18). The summed E-state index contributed by atoms with van der Waals surface area (Å²) < 4.78 is 5.37. The van der Waals surface area contributed by atoms with Gasteiger partial charge < -0.3 is 9.84 Å². The van der Waals surface area contributed by atoms with Gasteiger partial charge in [0.05, 0.1) is 0 Å². The van der Waals surface area contributed by atoms with E-state index in [1.54, 1.807) is 13.0 Å². The second-order valence-corrected chi connectivity index (χ2v) is 4.27. The van der Waals surface area contributed by atoms with Crippen LogP contribution in [0.4, 0.5) is 0 Å². The Balaban J connectivity index is 2.16. The number of hydrogen-bond donors (Lipinski definition) is 1.